The Hall–Kier alpha value is -1.07. The molecule has 0 amide bonds. The summed E-state index contributed by atoms with van der Waals surface area (Å²) in [5.41, 5.74) is 8.39. The van der Waals surface area contributed by atoms with Gasteiger partial charge in [-0.2, -0.15) is 5.10 Å². The first-order valence-corrected chi connectivity index (χ1v) is 4.98. The van der Waals surface area contributed by atoms with Gasteiger partial charge in [0, 0.05) is 17.8 Å². The summed E-state index contributed by atoms with van der Waals surface area (Å²) in [6, 6.07) is 0. The van der Waals surface area contributed by atoms with E-state index in [1.807, 2.05) is 13.8 Å². The monoisotopic (exact) mass is 247 g/mol. The molecule has 0 saturated carbocycles. The van der Waals surface area contributed by atoms with Gasteiger partial charge in [0.25, 0.3) is 0 Å². The van der Waals surface area contributed by atoms with Gasteiger partial charge in [0.2, 0.25) is 0 Å². The zero-order chi connectivity index (χ0) is 11.4. The summed E-state index contributed by atoms with van der Waals surface area (Å²) in [7, 11) is 0. The smallest absolute Gasteiger partial charge is 0.327 e. The standard InChI is InChI=1S/C10H17N3O2.ClH/c1-4-15-10(14)6-13-8(3)9(5-11)7(2)12-13;/h4-6,11H2,1-3H3;1H. The fourth-order valence-electron chi connectivity index (χ4n) is 1.51. The SMILES string of the molecule is CCOC(=O)Cn1nc(C)c(CN)c1C.Cl. The van der Waals surface area contributed by atoms with Crippen molar-refractivity contribution in [2.75, 3.05) is 6.61 Å². The van der Waals surface area contributed by atoms with Crippen molar-refractivity contribution in [2.45, 2.75) is 33.9 Å². The molecule has 0 radical (unpaired) electrons. The summed E-state index contributed by atoms with van der Waals surface area (Å²) in [5, 5.41) is 4.24. The highest BCUT2D eigenvalue weighted by atomic mass is 35.5. The first kappa shape index (κ1) is 14.9. The average Bonchev–Trinajstić information content (AvgIpc) is 2.42. The number of aromatic nitrogens is 2. The Morgan fingerprint density at radius 2 is 2.12 bits per heavy atom. The Labute approximate surface area is 101 Å². The Kier molecular flexibility index (Phi) is 6.06. The van der Waals surface area contributed by atoms with Crippen LogP contribution in [0.1, 0.15) is 23.9 Å². The van der Waals surface area contributed by atoms with Gasteiger partial charge in [0.05, 0.1) is 12.3 Å². The minimum atomic E-state index is -0.272. The van der Waals surface area contributed by atoms with Crippen LogP contribution in [0.3, 0.4) is 0 Å². The molecule has 0 aliphatic rings. The normalized spacial score (nSPS) is 9.75. The number of carbonyl (C=O) groups excluding carboxylic acids is 1. The Morgan fingerprint density at radius 3 is 2.56 bits per heavy atom. The molecule has 0 spiro atoms. The maximum Gasteiger partial charge on any atom is 0.327 e. The molecule has 0 bridgehead atoms. The van der Waals surface area contributed by atoms with E-state index < -0.39 is 0 Å². The van der Waals surface area contributed by atoms with E-state index in [-0.39, 0.29) is 24.9 Å². The average molecular weight is 248 g/mol. The van der Waals surface area contributed by atoms with Gasteiger partial charge in [-0.15, -0.1) is 12.4 Å². The minimum absolute atomic E-state index is 0. The lowest BCUT2D eigenvalue weighted by atomic mass is 10.2. The number of halogens is 1. The summed E-state index contributed by atoms with van der Waals surface area (Å²) in [4.78, 5) is 11.3. The number of rotatable bonds is 4. The Morgan fingerprint density at radius 1 is 1.50 bits per heavy atom. The molecule has 5 nitrogen and oxygen atoms in total. The predicted molar refractivity (Wildman–Crippen MR) is 63.5 cm³/mol. The third-order valence-electron chi connectivity index (χ3n) is 2.32. The summed E-state index contributed by atoms with van der Waals surface area (Å²) < 4.78 is 6.49. The highest BCUT2D eigenvalue weighted by molar-refractivity contribution is 5.85. The second kappa shape index (κ2) is 6.50. The molecular formula is C10H18ClN3O2. The van der Waals surface area contributed by atoms with Crippen LogP contribution < -0.4 is 5.73 Å². The molecule has 0 fully saturated rings. The third kappa shape index (κ3) is 3.21. The number of hydrogen-bond acceptors (Lipinski definition) is 4. The number of nitrogens with two attached hydrogens (primary N) is 1. The molecule has 1 heterocycles. The summed E-state index contributed by atoms with van der Waals surface area (Å²) in [6.07, 6.45) is 0. The van der Waals surface area contributed by atoms with Crippen LogP contribution in [-0.4, -0.2) is 22.4 Å². The Balaban J connectivity index is 0.00000225. The van der Waals surface area contributed by atoms with Crippen LogP contribution in [0.5, 0.6) is 0 Å². The maximum absolute atomic E-state index is 11.3. The molecule has 1 aromatic heterocycles. The third-order valence-corrected chi connectivity index (χ3v) is 2.32. The van der Waals surface area contributed by atoms with Crippen molar-refractivity contribution in [2.24, 2.45) is 5.73 Å². The lowest BCUT2D eigenvalue weighted by Crippen LogP contribution is -2.15. The van der Waals surface area contributed by atoms with E-state index in [1.54, 1.807) is 11.6 Å². The van der Waals surface area contributed by atoms with Crippen LogP contribution in [-0.2, 0) is 22.6 Å². The molecule has 6 heteroatoms. The van der Waals surface area contributed by atoms with Crippen LogP contribution in [0.25, 0.3) is 0 Å². The van der Waals surface area contributed by atoms with Crippen molar-refractivity contribution in [3.05, 3.63) is 17.0 Å². The van der Waals surface area contributed by atoms with E-state index in [9.17, 15) is 4.79 Å². The van der Waals surface area contributed by atoms with Crippen molar-refractivity contribution in [3.63, 3.8) is 0 Å². The zero-order valence-corrected chi connectivity index (χ0v) is 10.6. The van der Waals surface area contributed by atoms with Gasteiger partial charge in [-0.1, -0.05) is 0 Å². The lowest BCUT2D eigenvalue weighted by molar-refractivity contribution is -0.144. The number of hydrogen-bond donors (Lipinski definition) is 1. The summed E-state index contributed by atoms with van der Waals surface area (Å²) >= 11 is 0. The number of aryl methyl sites for hydroxylation is 1. The fraction of sp³-hybridized carbons (Fsp3) is 0.600. The topological polar surface area (TPSA) is 70.1 Å². The second-order valence-corrected chi connectivity index (χ2v) is 3.32. The van der Waals surface area contributed by atoms with E-state index >= 15 is 0 Å². The van der Waals surface area contributed by atoms with Crippen LogP contribution in [0.2, 0.25) is 0 Å². The maximum atomic E-state index is 11.3. The van der Waals surface area contributed by atoms with E-state index in [4.69, 9.17) is 10.5 Å². The molecule has 0 aliphatic carbocycles. The predicted octanol–water partition coefficient (Wildman–Crippen LogP) is 0.944. The highest BCUT2D eigenvalue weighted by Crippen LogP contribution is 2.11. The second-order valence-electron chi connectivity index (χ2n) is 3.32. The van der Waals surface area contributed by atoms with Crippen molar-refractivity contribution < 1.29 is 9.53 Å². The molecule has 92 valence electrons. The minimum Gasteiger partial charge on any atom is -0.465 e. The van der Waals surface area contributed by atoms with Crippen molar-refractivity contribution in [1.82, 2.24) is 9.78 Å². The number of esters is 1. The van der Waals surface area contributed by atoms with Gasteiger partial charge in [-0.3, -0.25) is 9.48 Å². The molecule has 2 N–H and O–H groups in total. The largest absolute Gasteiger partial charge is 0.465 e. The van der Waals surface area contributed by atoms with Gasteiger partial charge in [-0.25, -0.2) is 0 Å². The molecule has 1 rings (SSSR count). The highest BCUT2D eigenvalue weighted by Gasteiger charge is 2.12. The quantitative estimate of drug-likeness (QED) is 0.804. The van der Waals surface area contributed by atoms with E-state index in [0.29, 0.717) is 13.2 Å². The van der Waals surface area contributed by atoms with E-state index in [1.165, 1.54) is 0 Å². The van der Waals surface area contributed by atoms with Gasteiger partial charge >= 0.3 is 5.97 Å². The first-order chi connectivity index (χ1) is 7.10. The summed E-state index contributed by atoms with van der Waals surface area (Å²) in [6.45, 7) is 6.56. The van der Waals surface area contributed by atoms with Gasteiger partial charge in [0.1, 0.15) is 6.54 Å². The number of ether oxygens (including phenoxy) is 1. The van der Waals surface area contributed by atoms with E-state index in [2.05, 4.69) is 5.10 Å². The van der Waals surface area contributed by atoms with Crippen molar-refractivity contribution >= 4 is 18.4 Å². The lowest BCUT2D eigenvalue weighted by Gasteiger charge is -2.04. The molecule has 16 heavy (non-hydrogen) atoms. The van der Waals surface area contributed by atoms with Crippen LogP contribution in [0, 0.1) is 13.8 Å². The molecule has 0 atom stereocenters. The first-order valence-electron chi connectivity index (χ1n) is 4.98. The molecule has 0 aliphatic heterocycles. The Bertz CT molecular complexity index is 363. The molecule has 0 aromatic carbocycles. The molecule has 0 unspecified atom stereocenters. The number of carbonyl (C=O) groups is 1. The zero-order valence-electron chi connectivity index (χ0n) is 9.82. The van der Waals surface area contributed by atoms with Crippen LogP contribution in [0.4, 0.5) is 0 Å². The van der Waals surface area contributed by atoms with Crippen LogP contribution >= 0.6 is 12.4 Å². The van der Waals surface area contributed by atoms with Gasteiger partial charge in [0.15, 0.2) is 0 Å². The summed E-state index contributed by atoms with van der Waals surface area (Å²) in [5.74, 6) is -0.272. The van der Waals surface area contributed by atoms with Gasteiger partial charge < -0.3 is 10.5 Å². The fourth-order valence-corrected chi connectivity index (χ4v) is 1.51. The van der Waals surface area contributed by atoms with Crippen LogP contribution in [0.15, 0.2) is 0 Å². The molecule has 1 aromatic rings. The number of nitrogens with zero attached hydrogens (tertiary/aromatic N) is 2. The van der Waals surface area contributed by atoms with Crippen molar-refractivity contribution in [1.29, 1.82) is 0 Å². The van der Waals surface area contributed by atoms with Crippen molar-refractivity contribution in [3.8, 4) is 0 Å². The molecule has 0 saturated heterocycles. The molecular weight excluding hydrogens is 230 g/mol. The van der Waals surface area contributed by atoms with E-state index in [0.717, 1.165) is 17.0 Å². The van der Waals surface area contributed by atoms with Gasteiger partial charge in [-0.05, 0) is 20.8 Å².